The second kappa shape index (κ2) is 9.45. The van der Waals surface area contributed by atoms with Gasteiger partial charge in [0.2, 0.25) is 5.91 Å². The summed E-state index contributed by atoms with van der Waals surface area (Å²) in [5.41, 5.74) is 1.06. The molecule has 1 aromatic rings. The molecule has 5 nitrogen and oxygen atoms in total. The van der Waals surface area contributed by atoms with Crippen LogP contribution in [0.4, 0.5) is 8.78 Å². The SMILES string of the molecule is Cc1cc(F)cc(C(=O)NCC2CCN(CC(=O)N3CCC[C@@H]3CF)CC2)c1. The topological polar surface area (TPSA) is 52.7 Å². The van der Waals surface area contributed by atoms with Crippen LogP contribution in [0, 0.1) is 18.7 Å². The van der Waals surface area contributed by atoms with Crippen LogP contribution < -0.4 is 5.32 Å². The number of hydrogen-bond acceptors (Lipinski definition) is 3. The molecule has 2 aliphatic rings. The highest BCUT2D eigenvalue weighted by Crippen LogP contribution is 2.20. The van der Waals surface area contributed by atoms with Crippen molar-refractivity contribution >= 4 is 11.8 Å². The number of aryl methyl sites for hydroxylation is 1. The summed E-state index contributed by atoms with van der Waals surface area (Å²) in [6.45, 7) is 4.44. The van der Waals surface area contributed by atoms with E-state index < -0.39 is 12.5 Å². The van der Waals surface area contributed by atoms with Crippen molar-refractivity contribution in [1.82, 2.24) is 15.1 Å². The monoisotopic (exact) mass is 393 g/mol. The summed E-state index contributed by atoms with van der Waals surface area (Å²) in [6, 6.07) is 4.08. The lowest BCUT2D eigenvalue weighted by atomic mass is 9.96. The zero-order valence-corrected chi connectivity index (χ0v) is 16.4. The summed E-state index contributed by atoms with van der Waals surface area (Å²) in [5, 5.41) is 2.90. The van der Waals surface area contributed by atoms with Gasteiger partial charge in [-0.05, 0) is 75.4 Å². The molecule has 0 unspecified atom stereocenters. The van der Waals surface area contributed by atoms with E-state index in [1.165, 1.54) is 12.1 Å². The van der Waals surface area contributed by atoms with E-state index in [2.05, 4.69) is 10.2 Å². The molecule has 0 aromatic heterocycles. The zero-order chi connectivity index (χ0) is 20.1. The van der Waals surface area contributed by atoms with E-state index >= 15 is 0 Å². The summed E-state index contributed by atoms with van der Waals surface area (Å²) in [6.07, 6.45) is 3.42. The van der Waals surface area contributed by atoms with E-state index in [1.807, 2.05) is 0 Å². The van der Waals surface area contributed by atoms with Crippen molar-refractivity contribution in [2.24, 2.45) is 5.92 Å². The first-order chi connectivity index (χ1) is 13.5. The molecule has 1 N–H and O–H groups in total. The lowest BCUT2D eigenvalue weighted by Gasteiger charge is -2.33. The van der Waals surface area contributed by atoms with Crippen molar-refractivity contribution in [3.05, 3.63) is 35.1 Å². The summed E-state index contributed by atoms with van der Waals surface area (Å²) >= 11 is 0. The van der Waals surface area contributed by atoms with Crippen molar-refractivity contribution < 1.29 is 18.4 Å². The quantitative estimate of drug-likeness (QED) is 0.808. The Morgan fingerprint density at radius 3 is 2.57 bits per heavy atom. The van der Waals surface area contributed by atoms with Crippen LogP contribution in [0.1, 0.15) is 41.6 Å². The van der Waals surface area contributed by atoms with Gasteiger partial charge in [-0.25, -0.2) is 8.78 Å². The molecular weight excluding hydrogens is 364 g/mol. The highest BCUT2D eigenvalue weighted by molar-refractivity contribution is 5.94. The molecule has 0 bridgehead atoms. The van der Waals surface area contributed by atoms with Crippen LogP contribution in [-0.2, 0) is 4.79 Å². The standard InChI is InChI=1S/C21H29F2N3O2/c1-15-9-17(11-18(23)10-15)21(28)24-13-16-4-7-25(8-5-16)14-20(27)26-6-2-3-19(26)12-22/h9-11,16,19H,2-8,12-14H2,1H3,(H,24,28)/t19-/m1/s1. The fraction of sp³-hybridized carbons (Fsp3) is 0.619. The largest absolute Gasteiger partial charge is 0.352 e. The van der Waals surface area contributed by atoms with Crippen LogP contribution in [-0.4, -0.2) is 67.1 Å². The molecule has 1 atom stereocenters. The molecule has 2 heterocycles. The number of nitrogens with zero attached hydrogens (tertiary/aromatic N) is 2. The van der Waals surface area contributed by atoms with Gasteiger partial charge in [-0.2, -0.15) is 0 Å². The van der Waals surface area contributed by atoms with Crippen LogP contribution >= 0.6 is 0 Å². The van der Waals surface area contributed by atoms with E-state index in [1.54, 1.807) is 17.9 Å². The number of benzene rings is 1. The number of nitrogens with one attached hydrogen (secondary N) is 1. The third-order valence-electron chi connectivity index (χ3n) is 5.80. The van der Waals surface area contributed by atoms with Crippen molar-refractivity contribution in [3.63, 3.8) is 0 Å². The molecule has 2 amide bonds. The van der Waals surface area contributed by atoms with Gasteiger partial charge in [0, 0.05) is 18.7 Å². The second-order valence-electron chi connectivity index (χ2n) is 7.98. The van der Waals surface area contributed by atoms with Gasteiger partial charge >= 0.3 is 0 Å². The number of piperidine rings is 1. The maximum absolute atomic E-state index is 13.5. The lowest BCUT2D eigenvalue weighted by molar-refractivity contribution is -0.133. The van der Waals surface area contributed by atoms with E-state index in [-0.39, 0.29) is 17.9 Å². The molecule has 7 heteroatoms. The number of amides is 2. The number of rotatable bonds is 6. The molecule has 0 radical (unpaired) electrons. The Balaban J connectivity index is 1.40. The van der Waals surface area contributed by atoms with Crippen molar-refractivity contribution in [2.75, 3.05) is 39.4 Å². The number of halogens is 2. The van der Waals surface area contributed by atoms with E-state index in [4.69, 9.17) is 0 Å². The number of hydrogen-bond donors (Lipinski definition) is 1. The zero-order valence-electron chi connectivity index (χ0n) is 16.4. The van der Waals surface area contributed by atoms with Crippen LogP contribution in [0.25, 0.3) is 0 Å². The molecule has 0 saturated carbocycles. The normalized spacial score (nSPS) is 21.1. The van der Waals surface area contributed by atoms with Gasteiger partial charge in [0.15, 0.2) is 0 Å². The highest BCUT2D eigenvalue weighted by Gasteiger charge is 2.30. The smallest absolute Gasteiger partial charge is 0.251 e. The van der Waals surface area contributed by atoms with Gasteiger partial charge in [-0.15, -0.1) is 0 Å². The minimum absolute atomic E-state index is 0.0216. The number of alkyl halides is 1. The molecule has 28 heavy (non-hydrogen) atoms. The third kappa shape index (κ3) is 5.28. The molecule has 0 spiro atoms. The average Bonchev–Trinajstić information content (AvgIpc) is 3.15. The van der Waals surface area contributed by atoms with Gasteiger partial charge in [-0.1, -0.05) is 0 Å². The molecule has 0 aliphatic carbocycles. The minimum atomic E-state index is -0.460. The molecular formula is C21H29F2N3O2. The first kappa shape index (κ1) is 20.7. The van der Waals surface area contributed by atoms with E-state index in [0.29, 0.717) is 31.1 Å². The Labute approximate surface area is 165 Å². The van der Waals surface area contributed by atoms with E-state index in [0.717, 1.165) is 44.3 Å². The number of carbonyl (C=O) groups is 2. The Bertz CT molecular complexity index is 685. The molecule has 2 fully saturated rings. The fourth-order valence-corrected chi connectivity index (χ4v) is 4.16. The van der Waals surface area contributed by atoms with E-state index in [9.17, 15) is 18.4 Å². The van der Waals surface area contributed by atoms with Crippen LogP contribution in [0.3, 0.4) is 0 Å². The summed E-state index contributed by atoms with van der Waals surface area (Å²) in [4.78, 5) is 28.5. The first-order valence-corrected chi connectivity index (χ1v) is 10.1. The summed E-state index contributed by atoms with van der Waals surface area (Å²) < 4.78 is 26.4. The van der Waals surface area contributed by atoms with Crippen LogP contribution in [0.2, 0.25) is 0 Å². The predicted octanol–water partition coefficient (Wildman–Crippen LogP) is 2.54. The average molecular weight is 393 g/mol. The van der Waals surface area contributed by atoms with Gasteiger partial charge in [0.1, 0.15) is 12.5 Å². The first-order valence-electron chi connectivity index (χ1n) is 10.1. The third-order valence-corrected chi connectivity index (χ3v) is 5.80. The van der Waals surface area contributed by atoms with Crippen LogP contribution in [0.5, 0.6) is 0 Å². The molecule has 154 valence electrons. The summed E-state index contributed by atoms with van der Waals surface area (Å²) in [7, 11) is 0. The van der Waals surface area contributed by atoms with Gasteiger partial charge in [0.25, 0.3) is 5.91 Å². The number of carbonyl (C=O) groups excluding carboxylic acids is 2. The number of likely N-dealkylation sites (tertiary alicyclic amines) is 2. The summed E-state index contributed by atoms with van der Waals surface area (Å²) in [5.74, 6) is -0.300. The Kier molecular flexibility index (Phi) is 6.99. The molecule has 3 rings (SSSR count). The van der Waals surface area contributed by atoms with Gasteiger partial charge in [-0.3, -0.25) is 14.5 Å². The van der Waals surface area contributed by atoms with Gasteiger partial charge < -0.3 is 10.2 Å². The molecule has 2 aliphatic heterocycles. The molecule has 1 aromatic carbocycles. The second-order valence-corrected chi connectivity index (χ2v) is 7.98. The van der Waals surface area contributed by atoms with Crippen molar-refractivity contribution in [3.8, 4) is 0 Å². The van der Waals surface area contributed by atoms with Gasteiger partial charge in [0.05, 0.1) is 12.6 Å². The fourth-order valence-electron chi connectivity index (χ4n) is 4.16. The van der Waals surface area contributed by atoms with Crippen molar-refractivity contribution in [2.45, 2.75) is 38.6 Å². The minimum Gasteiger partial charge on any atom is -0.352 e. The Morgan fingerprint density at radius 2 is 1.89 bits per heavy atom. The molecule has 2 saturated heterocycles. The highest BCUT2D eigenvalue weighted by atomic mass is 19.1. The maximum atomic E-state index is 13.5. The maximum Gasteiger partial charge on any atom is 0.251 e. The lowest BCUT2D eigenvalue weighted by Crippen LogP contribution is -2.46. The predicted molar refractivity (Wildman–Crippen MR) is 103 cm³/mol. The Morgan fingerprint density at radius 1 is 1.14 bits per heavy atom. The Hall–Kier alpha value is -2.02. The van der Waals surface area contributed by atoms with Crippen molar-refractivity contribution in [1.29, 1.82) is 0 Å². The van der Waals surface area contributed by atoms with Crippen LogP contribution in [0.15, 0.2) is 18.2 Å².